The fourth-order valence-corrected chi connectivity index (χ4v) is 3.20. The molecule has 14 heteroatoms. The second-order valence-electron chi connectivity index (χ2n) is 7.66. The smallest absolute Gasteiger partial charge is 0.546 e. The number of aliphatic hydroxyl groups excluding tert-OH is 4. The van der Waals surface area contributed by atoms with Gasteiger partial charge >= 0.3 is 21.1 Å². The number of aliphatic hydroxyl groups is 4. The van der Waals surface area contributed by atoms with Crippen LogP contribution in [0.3, 0.4) is 0 Å². The summed E-state index contributed by atoms with van der Waals surface area (Å²) in [6, 6.07) is 0.562. The van der Waals surface area contributed by atoms with E-state index in [1.165, 1.54) is 12.8 Å². The van der Waals surface area contributed by atoms with Gasteiger partial charge in [0, 0.05) is 12.1 Å². The van der Waals surface area contributed by atoms with Crippen LogP contribution >= 0.6 is 0 Å². The van der Waals surface area contributed by atoms with Gasteiger partial charge in [0.25, 0.3) is 0 Å². The Bertz CT molecular complexity index is 564. The fraction of sp³-hybridized carbons (Fsp3) is 0.889. The minimum atomic E-state index is -3.68. The minimum absolute atomic E-state index is 0. The number of rotatable bonds is 8. The molecule has 2 aliphatic rings. The number of ether oxygens (including phenoxy) is 2. The van der Waals surface area contributed by atoms with Gasteiger partial charge in [-0.1, -0.05) is 12.8 Å². The van der Waals surface area contributed by atoms with Crippen molar-refractivity contribution in [3.8, 4) is 0 Å². The third-order valence-electron chi connectivity index (χ3n) is 5.32. The van der Waals surface area contributed by atoms with Crippen LogP contribution in [0.5, 0.6) is 0 Å². The Morgan fingerprint density at radius 3 is 1.94 bits per heavy atom. The van der Waals surface area contributed by atoms with E-state index in [0.29, 0.717) is 0 Å². The van der Waals surface area contributed by atoms with E-state index in [9.17, 15) is 39.5 Å². The predicted molar refractivity (Wildman–Crippen MR) is 97.2 cm³/mol. The number of hydrogen-bond donors (Lipinski definition) is 6. The monoisotopic (exact) mass is 649 g/mol. The van der Waals surface area contributed by atoms with Crippen LogP contribution in [0.15, 0.2) is 0 Å². The van der Waals surface area contributed by atoms with Crippen LogP contribution in [0.4, 0.5) is 4.39 Å². The molecule has 1 aliphatic carbocycles. The van der Waals surface area contributed by atoms with E-state index < -0.39 is 74.4 Å². The van der Waals surface area contributed by atoms with Crippen LogP contribution in [-0.4, -0.2) is 94.0 Å². The van der Waals surface area contributed by atoms with Gasteiger partial charge < -0.3 is 61.2 Å². The summed E-state index contributed by atoms with van der Waals surface area (Å²) in [4.78, 5) is 20.9. The summed E-state index contributed by atoms with van der Waals surface area (Å²) in [6.45, 7) is -1.11. The average molecular weight is 650 g/mol. The van der Waals surface area contributed by atoms with Crippen molar-refractivity contribution in [3.05, 3.63) is 0 Å². The molecule has 7 atom stereocenters. The van der Waals surface area contributed by atoms with Crippen molar-refractivity contribution in [2.45, 2.75) is 87.0 Å². The maximum atomic E-state index is 13.5. The summed E-state index contributed by atoms with van der Waals surface area (Å²) >= 11 is 0. The SMILES string of the molecule is N[C@@H]1CCCC[C@H]1N.O=C([O-])C(F)(CCCO[C@@H]1O[C@H](CO)[C@H](O)[C@H](O)[C@H]1O)C(=O)[O-].[Pt+2]. The van der Waals surface area contributed by atoms with E-state index in [1.54, 1.807) is 0 Å². The van der Waals surface area contributed by atoms with Crippen molar-refractivity contribution in [3.63, 3.8) is 0 Å². The third-order valence-corrected chi connectivity index (χ3v) is 5.32. The van der Waals surface area contributed by atoms with E-state index in [2.05, 4.69) is 0 Å². The topological polar surface area (TPSA) is 232 Å². The standard InChI is InChI=1S/C12H19FO10.C6H14N2.Pt/c13-12(10(18)19,11(20)21)2-1-3-22-9-8(17)7(16)6(15)5(4-14)23-9;7-5-3-1-2-4-6(5)8;/h5-9,14-17H,1-4H2,(H,18,19)(H,20,21);5-6H,1-4,7-8H2;/q;;+2/p-2/t5-,6+,7+,8-,9-;5-,6-;/m11./s1. The zero-order valence-electron chi connectivity index (χ0n) is 17.3. The second-order valence-corrected chi connectivity index (χ2v) is 7.66. The fourth-order valence-electron chi connectivity index (χ4n) is 3.20. The third kappa shape index (κ3) is 8.54. The van der Waals surface area contributed by atoms with Crippen LogP contribution in [-0.2, 0) is 40.1 Å². The van der Waals surface area contributed by atoms with Crippen LogP contribution in [0.2, 0.25) is 0 Å². The van der Waals surface area contributed by atoms with Crippen molar-refractivity contribution < 1.29 is 75.2 Å². The number of carboxylic acid groups (broad SMARTS) is 2. The molecule has 1 heterocycles. The molecule has 0 spiro atoms. The van der Waals surface area contributed by atoms with Gasteiger partial charge in [-0.25, -0.2) is 4.39 Å². The molecule has 0 unspecified atom stereocenters. The summed E-state index contributed by atoms with van der Waals surface area (Å²) in [5.74, 6) is -4.91. The van der Waals surface area contributed by atoms with Crippen molar-refractivity contribution in [1.82, 2.24) is 0 Å². The molecule has 1 saturated carbocycles. The first-order chi connectivity index (χ1) is 14.5. The number of carbonyl (C=O) groups excluding carboxylic acids is 2. The van der Waals surface area contributed by atoms with Gasteiger partial charge in [-0.2, -0.15) is 0 Å². The van der Waals surface area contributed by atoms with Crippen molar-refractivity contribution in [2.75, 3.05) is 13.2 Å². The van der Waals surface area contributed by atoms with E-state index in [0.717, 1.165) is 12.8 Å². The molecule has 32 heavy (non-hydrogen) atoms. The zero-order chi connectivity index (χ0) is 23.8. The molecule has 0 aromatic rings. The zero-order valence-corrected chi connectivity index (χ0v) is 19.6. The largest absolute Gasteiger partial charge is 2.00 e. The van der Waals surface area contributed by atoms with Gasteiger partial charge in [0.2, 0.25) is 0 Å². The quantitative estimate of drug-likeness (QED) is 0.107. The number of halogens is 1. The van der Waals surface area contributed by atoms with E-state index in [4.69, 9.17) is 26.0 Å². The maximum absolute atomic E-state index is 13.5. The molecule has 0 aromatic carbocycles. The number of nitrogens with two attached hydrogens (primary N) is 2. The van der Waals surface area contributed by atoms with Crippen LogP contribution in [0, 0.1) is 0 Å². The van der Waals surface area contributed by atoms with E-state index in [1.807, 2.05) is 0 Å². The Balaban J connectivity index is 0.000000896. The first kappa shape index (κ1) is 31.2. The van der Waals surface area contributed by atoms with Gasteiger partial charge in [-0.05, 0) is 25.7 Å². The van der Waals surface area contributed by atoms with E-state index in [-0.39, 0.29) is 33.1 Å². The summed E-state index contributed by atoms with van der Waals surface area (Å²) in [6.07, 6.45) is -4.22. The Morgan fingerprint density at radius 2 is 1.53 bits per heavy atom. The molecule has 2 fully saturated rings. The Hall–Kier alpha value is -0.762. The molecule has 8 N–H and O–H groups in total. The molecule has 0 aromatic heterocycles. The van der Waals surface area contributed by atoms with Gasteiger partial charge in [0.1, 0.15) is 24.4 Å². The molecule has 0 bridgehead atoms. The Labute approximate surface area is 198 Å². The Kier molecular flexibility index (Phi) is 14.1. The Morgan fingerprint density at radius 1 is 1.03 bits per heavy atom. The van der Waals surface area contributed by atoms with E-state index >= 15 is 0 Å². The van der Waals surface area contributed by atoms with Gasteiger partial charge in [0.05, 0.1) is 25.2 Å². The number of carboxylic acids is 2. The first-order valence-electron chi connectivity index (χ1n) is 10.0. The molecular formula is C18H31FN2O10Pt. The number of carbonyl (C=O) groups is 2. The van der Waals surface area contributed by atoms with Crippen LogP contribution in [0.1, 0.15) is 38.5 Å². The number of alkyl halides is 1. The molecule has 1 saturated heterocycles. The summed E-state index contributed by atoms with van der Waals surface area (Å²) in [5.41, 5.74) is 7.62. The van der Waals surface area contributed by atoms with Gasteiger partial charge in [-0.3, -0.25) is 0 Å². The number of aliphatic carboxylic acids is 2. The number of hydrogen-bond acceptors (Lipinski definition) is 12. The predicted octanol–water partition coefficient (Wildman–Crippen LogP) is -5.00. The van der Waals surface area contributed by atoms with Gasteiger partial charge in [-0.15, -0.1) is 0 Å². The summed E-state index contributed by atoms with van der Waals surface area (Å²) in [5, 5.41) is 58.6. The molecular weight excluding hydrogens is 618 g/mol. The normalized spacial score (nSPS) is 32.8. The summed E-state index contributed by atoms with van der Waals surface area (Å²) in [7, 11) is 0. The van der Waals surface area contributed by atoms with Gasteiger partial charge in [0.15, 0.2) is 12.0 Å². The first-order valence-corrected chi connectivity index (χ1v) is 10.0. The molecule has 0 amide bonds. The van der Waals surface area contributed by atoms with Crippen LogP contribution < -0.4 is 21.7 Å². The molecule has 12 nitrogen and oxygen atoms in total. The van der Waals surface area contributed by atoms with Crippen molar-refractivity contribution >= 4 is 11.9 Å². The minimum Gasteiger partial charge on any atom is -0.546 e. The maximum Gasteiger partial charge on any atom is 2.00 e. The van der Waals surface area contributed by atoms with Crippen molar-refractivity contribution in [1.29, 1.82) is 0 Å². The average Bonchev–Trinajstić information content (AvgIpc) is 2.73. The molecule has 2 rings (SSSR count). The summed E-state index contributed by atoms with van der Waals surface area (Å²) < 4.78 is 23.5. The molecule has 1 aliphatic heterocycles. The second kappa shape index (κ2) is 14.5. The molecule has 0 radical (unpaired) electrons. The van der Waals surface area contributed by atoms with Crippen molar-refractivity contribution in [2.24, 2.45) is 11.5 Å². The van der Waals surface area contributed by atoms with Crippen LogP contribution in [0.25, 0.3) is 0 Å². The molecule has 190 valence electrons.